The predicted octanol–water partition coefficient (Wildman–Crippen LogP) is 1.72. The number of hydrogen-bond acceptors (Lipinski definition) is 7. The predicted molar refractivity (Wildman–Crippen MR) is 75.3 cm³/mol. The zero-order chi connectivity index (χ0) is 16.7. The number of carbonyl (C=O) groups excluding carboxylic acids is 3. The normalized spacial score (nSPS) is 11.5. The van der Waals surface area contributed by atoms with E-state index in [1.165, 1.54) is 25.3 Å². The van der Waals surface area contributed by atoms with E-state index in [0.29, 0.717) is 0 Å². The molecule has 0 aliphatic carbocycles. The summed E-state index contributed by atoms with van der Waals surface area (Å²) in [5, 5.41) is 10.9. The van der Waals surface area contributed by atoms with E-state index in [-0.39, 0.29) is 30.8 Å². The average Bonchev–Trinajstić information content (AvgIpc) is 2.47. The molecule has 22 heavy (non-hydrogen) atoms. The summed E-state index contributed by atoms with van der Waals surface area (Å²) >= 11 is 0. The van der Waals surface area contributed by atoms with E-state index in [9.17, 15) is 24.5 Å². The van der Waals surface area contributed by atoms with Crippen LogP contribution in [0.25, 0.3) is 0 Å². The number of esters is 1. The van der Waals surface area contributed by atoms with E-state index in [1.54, 1.807) is 6.92 Å². The van der Waals surface area contributed by atoms with E-state index in [1.807, 2.05) is 0 Å². The second-order valence-corrected chi connectivity index (χ2v) is 4.54. The standard InChI is InChI=1S/C14H16N2O6/c1-3-22-14(19)11(7-6-9(2)17)12(18)10-5-4-8-15-13(10)16(20)21/h4-5,8,11H,3,6-7H2,1-2H3. The summed E-state index contributed by atoms with van der Waals surface area (Å²) in [5.74, 6) is -3.63. The molecule has 0 fully saturated rings. The van der Waals surface area contributed by atoms with Crippen molar-refractivity contribution in [3.63, 3.8) is 0 Å². The van der Waals surface area contributed by atoms with Gasteiger partial charge in [-0.2, -0.15) is 0 Å². The van der Waals surface area contributed by atoms with Crippen LogP contribution in [0, 0.1) is 16.0 Å². The fourth-order valence-electron chi connectivity index (χ4n) is 1.87. The molecule has 1 aromatic heterocycles. The SMILES string of the molecule is CCOC(=O)C(CCC(C)=O)C(=O)c1cccnc1[N+](=O)[O-]. The highest BCUT2D eigenvalue weighted by atomic mass is 16.6. The monoisotopic (exact) mass is 308 g/mol. The number of ketones is 2. The first-order chi connectivity index (χ1) is 10.4. The summed E-state index contributed by atoms with van der Waals surface area (Å²) < 4.78 is 4.82. The third kappa shape index (κ3) is 4.44. The molecular formula is C14H16N2O6. The quantitative estimate of drug-likeness (QED) is 0.236. The first-order valence-electron chi connectivity index (χ1n) is 6.68. The maximum absolute atomic E-state index is 12.4. The van der Waals surface area contributed by atoms with Crippen LogP contribution in [0.1, 0.15) is 37.0 Å². The van der Waals surface area contributed by atoms with E-state index >= 15 is 0 Å². The largest absolute Gasteiger partial charge is 0.465 e. The Bertz CT molecular complexity index is 599. The van der Waals surface area contributed by atoms with Gasteiger partial charge in [0, 0.05) is 6.42 Å². The van der Waals surface area contributed by atoms with Gasteiger partial charge in [0.05, 0.1) is 6.61 Å². The van der Waals surface area contributed by atoms with Gasteiger partial charge in [-0.15, -0.1) is 0 Å². The zero-order valence-corrected chi connectivity index (χ0v) is 12.3. The van der Waals surface area contributed by atoms with Gasteiger partial charge >= 0.3 is 11.8 Å². The van der Waals surface area contributed by atoms with Crippen LogP contribution < -0.4 is 0 Å². The Morgan fingerprint density at radius 3 is 2.64 bits per heavy atom. The van der Waals surface area contributed by atoms with Gasteiger partial charge in [-0.25, -0.2) is 0 Å². The lowest BCUT2D eigenvalue weighted by atomic mass is 9.92. The Morgan fingerprint density at radius 1 is 1.41 bits per heavy atom. The minimum atomic E-state index is -1.26. The Labute approximate surface area is 126 Å². The highest BCUT2D eigenvalue weighted by Crippen LogP contribution is 2.22. The first-order valence-corrected chi connectivity index (χ1v) is 6.68. The molecule has 1 aromatic rings. The molecule has 0 aromatic carbocycles. The maximum Gasteiger partial charge on any atom is 0.374 e. The summed E-state index contributed by atoms with van der Waals surface area (Å²) in [5.41, 5.74) is -0.269. The van der Waals surface area contributed by atoms with Crippen molar-refractivity contribution in [2.24, 2.45) is 5.92 Å². The summed E-state index contributed by atoms with van der Waals surface area (Å²) in [6, 6.07) is 2.60. The Hall–Kier alpha value is -2.64. The van der Waals surface area contributed by atoms with Crippen molar-refractivity contribution in [1.29, 1.82) is 0 Å². The molecule has 0 radical (unpaired) electrons. The summed E-state index contributed by atoms with van der Waals surface area (Å²) in [7, 11) is 0. The van der Waals surface area contributed by atoms with Crippen molar-refractivity contribution in [3.8, 4) is 0 Å². The van der Waals surface area contributed by atoms with Crippen molar-refractivity contribution >= 4 is 23.4 Å². The minimum absolute atomic E-state index is 0.00325. The van der Waals surface area contributed by atoms with Crippen molar-refractivity contribution in [1.82, 2.24) is 4.98 Å². The lowest BCUT2D eigenvalue weighted by Gasteiger charge is -2.13. The molecule has 0 aliphatic rings. The topological polar surface area (TPSA) is 116 Å². The lowest BCUT2D eigenvalue weighted by Crippen LogP contribution is -2.27. The molecule has 0 bridgehead atoms. The number of ether oxygens (including phenoxy) is 1. The lowest BCUT2D eigenvalue weighted by molar-refractivity contribution is -0.389. The number of aromatic nitrogens is 1. The summed E-state index contributed by atoms with van der Waals surface area (Å²) in [6.07, 6.45) is 1.13. The molecule has 1 atom stereocenters. The maximum atomic E-state index is 12.4. The van der Waals surface area contributed by atoms with Gasteiger partial charge in [0.15, 0.2) is 5.78 Å². The van der Waals surface area contributed by atoms with Crippen LogP contribution in [0.2, 0.25) is 0 Å². The molecule has 0 spiro atoms. The van der Waals surface area contributed by atoms with Gasteiger partial charge in [0.25, 0.3) is 0 Å². The second kappa shape index (κ2) is 7.96. The van der Waals surface area contributed by atoms with Crippen LogP contribution in [0.15, 0.2) is 18.3 Å². The molecule has 0 saturated carbocycles. The minimum Gasteiger partial charge on any atom is -0.465 e. The van der Waals surface area contributed by atoms with E-state index < -0.39 is 28.4 Å². The van der Waals surface area contributed by atoms with E-state index in [0.717, 1.165) is 0 Å². The van der Waals surface area contributed by atoms with E-state index in [4.69, 9.17) is 4.74 Å². The van der Waals surface area contributed by atoms with Crippen LogP contribution in [-0.4, -0.2) is 34.0 Å². The van der Waals surface area contributed by atoms with Crippen LogP contribution in [0.4, 0.5) is 5.82 Å². The second-order valence-electron chi connectivity index (χ2n) is 4.54. The van der Waals surface area contributed by atoms with Crippen LogP contribution >= 0.6 is 0 Å². The third-order valence-corrected chi connectivity index (χ3v) is 2.90. The molecule has 1 heterocycles. The molecule has 0 aliphatic heterocycles. The highest BCUT2D eigenvalue weighted by Gasteiger charge is 2.33. The molecule has 8 nitrogen and oxygen atoms in total. The molecule has 0 saturated heterocycles. The molecule has 1 unspecified atom stereocenters. The highest BCUT2D eigenvalue weighted by molar-refractivity contribution is 6.10. The summed E-state index contributed by atoms with van der Waals surface area (Å²) in [4.78, 5) is 49.1. The fraction of sp³-hybridized carbons (Fsp3) is 0.429. The molecule has 0 N–H and O–H groups in total. The first kappa shape index (κ1) is 17.4. The van der Waals surface area contributed by atoms with Gasteiger partial charge < -0.3 is 19.6 Å². The number of Topliss-reactive ketones (excluding diaryl/α,β-unsaturated/α-hetero) is 2. The smallest absolute Gasteiger partial charge is 0.374 e. The zero-order valence-electron chi connectivity index (χ0n) is 12.3. The average molecular weight is 308 g/mol. The Morgan fingerprint density at radius 2 is 2.09 bits per heavy atom. The van der Waals surface area contributed by atoms with Crippen LogP contribution in [-0.2, 0) is 14.3 Å². The number of pyridine rings is 1. The number of hydrogen-bond donors (Lipinski definition) is 0. The number of carbonyl (C=O) groups is 3. The summed E-state index contributed by atoms with van der Waals surface area (Å²) in [6.45, 7) is 2.98. The van der Waals surface area contributed by atoms with Gasteiger partial charge in [-0.3, -0.25) is 9.59 Å². The van der Waals surface area contributed by atoms with Crippen molar-refractivity contribution < 1.29 is 24.0 Å². The van der Waals surface area contributed by atoms with Crippen LogP contribution in [0.5, 0.6) is 0 Å². The third-order valence-electron chi connectivity index (χ3n) is 2.90. The number of rotatable bonds is 8. The van der Waals surface area contributed by atoms with Crippen molar-refractivity contribution in [2.75, 3.05) is 6.61 Å². The molecule has 0 amide bonds. The Balaban J connectivity index is 3.13. The van der Waals surface area contributed by atoms with Crippen molar-refractivity contribution in [3.05, 3.63) is 34.0 Å². The molecule has 118 valence electrons. The molecule has 8 heteroatoms. The molecule has 1 rings (SSSR count). The van der Waals surface area contributed by atoms with Crippen LogP contribution in [0.3, 0.4) is 0 Å². The van der Waals surface area contributed by atoms with Crippen molar-refractivity contribution in [2.45, 2.75) is 26.7 Å². The number of nitro groups is 1. The van der Waals surface area contributed by atoms with Gasteiger partial charge in [-0.1, -0.05) is 0 Å². The number of nitrogens with zero attached hydrogens (tertiary/aromatic N) is 2. The van der Waals surface area contributed by atoms with E-state index in [2.05, 4.69) is 4.98 Å². The fourth-order valence-corrected chi connectivity index (χ4v) is 1.87. The Kier molecular flexibility index (Phi) is 6.30. The van der Waals surface area contributed by atoms with Gasteiger partial charge in [-0.05, 0) is 42.3 Å². The van der Waals surface area contributed by atoms with Gasteiger partial charge in [0.1, 0.15) is 23.5 Å². The van der Waals surface area contributed by atoms with Gasteiger partial charge in [0.2, 0.25) is 0 Å². The molecular weight excluding hydrogens is 292 g/mol.